The first kappa shape index (κ1) is 15.1. The Morgan fingerprint density at radius 1 is 1.35 bits per heavy atom. The molecule has 0 saturated heterocycles. The molecule has 1 atom stereocenters. The number of aromatic nitrogens is 1. The average Bonchev–Trinajstić information content (AvgIpc) is 2.47. The van der Waals surface area contributed by atoms with E-state index >= 15 is 0 Å². The van der Waals surface area contributed by atoms with Gasteiger partial charge in [-0.2, -0.15) is 11.8 Å². The van der Waals surface area contributed by atoms with Crippen LogP contribution < -0.4 is 5.73 Å². The van der Waals surface area contributed by atoms with Crippen LogP contribution in [0.4, 0.5) is 5.69 Å². The number of fused-ring (bicyclic) bond motifs is 1. The maximum atomic E-state index is 6.03. The van der Waals surface area contributed by atoms with Crippen LogP contribution in [0, 0.1) is 0 Å². The van der Waals surface area contributed by atoms with Crippen molar-refractivity contribution in [1.29, 1.82) is 0 Å². The maximum absolute atomic E-state index is 6.03. The van der Waals surface area contributed by atoms with E-state index in [-0.39, 0.29) is 0 Å². The Hall–Kier alpha value is -1.26. The lowest BCUT2D eigenvalue weighted by atomic mass is 10.1. The zero-order chi connectivity index (χ0) is 14.5. The van der Waals surface area contributed by atoms with E-state index in [1.54, 1.807) is 0 Å². The molecule has 4 heteroatoms. The third-order valence-corrected chi connectivity index (χ3v) is 4.44. The molecule has 2 rings (SSSR count). The Balaban J connectivity index is 2.19. The summed E-state index contributed by atoms with van der Waals surface area (Å²) in [4.78, 5) is 6.89. The van der Waals surface area contributed by atoms with Gasteiger partial charge in [0.2, 0.25) is 0 Å². The third kappa shape index (κ3) is 3.44. The van der Waals surface area contributed by atoms with Gasteiger partial charge >= 0.3 is 0 Å². The highest BCUT2D eigenvalue weighted by atomic mass is 32.2. The van der Waals surface area contributed by atoms with Crippen LogP contribution in [0.5, 0.6) is 0 Å². The van der Waals surface area contributed by atoms with E-state index < -0.39 is 0 Å². The van der Waals surface area contributed by atoms with E-state index in [2.05, 4.69) is 36.2 Å². The van der Waals surface area contributed by atoms with Crippen molar-refractivity contribution in [1.82, 2.24) is 9.88 Å². The first-order valence-corrected chi connectivity index (χ1v) is 8.34. The lowest BCUT2D eigenvalue weighted by Crippen LogP contribution is -2.29. The second-order valence-electron chi connectivity index (χ2n) is 5.26. The van der Waals surface area contributed by atoms with E-state index in [1.807, 2.05) is 36.2 Å². The molecule has 0 fully saturated rings. The minimum Gasteiger partial charge on any atom is -0.398 e. The Kier molecular flexibility index (Phi) is 5.26. The lowest BCUT2D eigenvalue weighted by Gasteiger charge is -2.25. The molecule has 20 heavy (non-hydrogen) atoms. The summed E-state index contributed by atoms with van der Waals surface area (Å²) in [6.45, 7) is 3.19. The fourth-order valence-electron chi connectivity index (χ4n) is 2.31. The number of hydrogen-bond donors (Lipinski definition) is 1. The molecule has 1 unspecified atom stereocenters. The van der Waals surface area contributed by atoms with Gasteiger partial charge in [0.15, 0.2) is 0 Å². The van der Waals surface area contributed by atoms with Crippen molar-refractivity contribution in [3.63, 3.8) is 0 Å². The number of hydrogen-bond acceptors (Lipinski definition) is 4. The molecule has 1 aromatic heterocycles. The predicted molar refractivity (Wildman–Crippen MR) is 90.1 cm³/mol. The number of anilines is 1. The van der Waals surface area contributed by atoms with Gasteiger partial charge in [-0.1, -0.05) is 6.07 Å². The summed E-state index contributed by atoms with van der Waals surface area (Å²) in [5, 5.41) is 1.05. The molecule has 2 N–H and O–H groups in total. The second kappa shape index (κ2) is 6.95. The maximum Gasteiger partial charge on any atom is 0.0767 e. The van der Waals surface area contributed by atoms with Crippen molar-refractivity contribution in [2.75, 3.05) is 24.8 Å². The Morgan fingerprint density at radius 2 is 2.15 bits per heavy atom. The number of benzene rings is 1. The number of rotatable bonds is 6. The van der Waals surface area contributed by atoms with Crippen molar-refractivity contribution in [2.24, 2.45) is 0 Å². The van der Waals surface area contributed by atoms with Crippen LogP contribution in [0.25, 0.3) is 10.9 Å². The minimum absolute atomic E-state index is 0.568. The normalized spacial score (nSPS) is 13.0. The van der Waals surface area contributed by atoms with Crippen LogP contribution in [0.3, 0.4) is 0 Å². The van der Waals surface area contributed by atoms with Crippen LogP contribution in [0.15, 0.2) is 30.5 Å². The molecular formula is C16H23N3S. The van der Waals surface area contributed by atoms with Gasteiger partial charge in [0.1, 0.15) is 0 Å². The number of nitrogens with two attached hydrogens (primary N) is 1. The summed E-state index contributed by atoms with van der Waals surface area (Å²) in [6, 6.07) is 8.63. The smallest absolute Gasteiger partial charge is 0.0767 e. The van der Waals surface area contributed by atoms with Gasteiger partial charge in [-0.25, -0.2) is 0 Å². The van der Waals surface area contributed by atoms with Crippen molar-refractivity contribution < 1.29 is 0 Å². The van der Waals surface area contributed by atoms with Gasteiger partial charge in [-0.3, -0.25) is 9.88 Å². The third-order valence-electron chi connectivity index (χ3n) is 3.80. The van der Waals surface area contributed by atoms with Crippen LogP contribution in [0.2, 0.25) is 0 Å². The average molecular weight is 289 g/mol. The summed E-state index contributed by atoms with van der Waals surface area (Å²) in [7, 11) is 2.18. The summed E-state index contributed by atoms with van der Waals surface area (Å²) in [6.07, 6.45) is 5.20. The Labute approximate surface area is 125 Å². The van der Waals surface area contributed by atoms with E-state index in [0.717, 1.165) is 23.1 Å². The van der Waals surface area contributed by atoms with E-state index in [9.17, 15) is 0 Å². The van der Waals surface area contributed by atoms with E-state index in [4.69, 9.17) is 5.73 Å². The van der Waals surface area contributed by atoms with Gasteiger partial charge < -0.3 is 5.73 Å². The van der Waals surface area contributed by atoms with Gasteiger partial charge in [-0.15, -0.1) is 0 Å². The molecule has 108 valence electrons. The molecular weight excluding hydrogens is 266 g/mol. The molecule has 0 aliphatic carbocycles. The molecule has 0 spiro atoms. The zero-order valence-electron chi connectivity index (χ0n) is 12.5. The number of nitrogen functional groups attached to an aromatic ring is 1. The number of pyridine rings is 1. The van der Waals surface area contributed by atoms with E-state index in [1.165, 1.54) is 17.7 Å². The Morgan fingerprint density at radius 3 is 2.90 bits per heavy atom. The van der Waals surface area contributed by atoms with Crippen LogP contribution in [-0.2, 0) is 6.54 Å². The van der Waals surface area contributed by atoms with Crippen molar-refractivity contribution >= 4 is 28.4 Å². The number of thioether (sulfide) groups is 1. The Bertz CT molecular complexity index is 571. The molecule has 3 nitrogen and oxygen atoms in total. The van der Waals surface area contributed by atoms with Crippen molar-refractivity contribution in [3.8, 4) is 0 Å². The van der Waals surface area contributed by atoms with Crippen LogP contribution >= 0.6 is 11.8 Å². The number of nitrogens with zero attached hydrogens (tertiary/aromatic N) is 2. The topological polar surface area (TPSA) is 42.1 Å². The molecule has 0 aliphatic rings. The largest absolute Gasteiger partial charge is 0.398 e. The fourth-order valence-corrected chi connectivity index (χ4v) is 2.89. The highest BCUT2D eigenvalue weighted by Gasteiger charge is 2.12. The van der Waals surface area contributed by atoms with Gasteiger partial charge in [0, 0.05) is 29.9 Å². The predicted octanol–water partition coefficient (Wildman–Crippen LogP) is 3.39. The summed E-state index contributed by atoms with van der Waals surface area (Å²) in [5.41, 5.74) is 9.09. The van der Waals surface area contributed by atoms with Gasteiger partial charge in [0.25, 0.3) is 0 Å². The summed E-state index contributed by atoms with van der Waals surface area (Å²) >= 11 is 1.90. The van der Waals surface area contributed by atoms with Gasteiger partial charge in [0.05, 0.1) is 5.52 Å². The SMILES string of the molecule is CSCCC(C)N(C)Cc1ccc(N)c2cccnc12. The first-order valence-electron chi connectivity index (χ1n) is 6.94. The lowest BCUT2D eigenvalue weighted by molar-refractivity contribution is 0.246. The minimum atomic E-state index is 0.568. The van der Waals surface area contributed by atoms with Gasteiger partial charge in [-0.05, 0) is 56.2 Å². The summed E-state index contributed by atoms with van der Waals surface area (Å²) < 4.78 is 0. The van der Waals surface area contributed by atoms with Crippen molar-refractivity contribution in [3.05, 3.63) is 36.0 Å². The highest BCUT2D eigenvalue weighted by Crippen LogP contribution is 2.24. The van der Waals surface area contributed by atoms with Crippen molar-refractivity contribution in [2.45, 2.75) is 25.9 Å². The molecule has 2 aromatic rings. The highest BCUT2D eigenvalue weighted by molar-refractivity contribution is 7.98. The molecule has 1 heterocycles. The standard InChI is InChI=1S/C16H23N3S/c1-12(8-10-20-3)19(2)11-13-6-7-15(17)14-5-4-9-18-16(13)14/h4-7,9,12H,8,10-11,17H2,1-3H3. The monoisotopic (exact) mass is 289 g/mol. The first-order chi connectivity index (χ1) is 9.63. The zero-order valence-corrected chi connectivity index (χ0v) is 13.3. The molecule has 0 saturated carbocycles. The van der Waals surface area contributed by atoms with Crippen LogP contribution in [0.1, 0.15) is 18.9 Å². The molecule has 0 amide bonds. The quantitative estimate of drug-likeness (QED) is 0.828. The molecule has 0 aliphatic heterocycles. The van der Waals surface area contributed by atoms with E-state index in [0.29, 0.717) is 6.04 Å². The van der Waals surface area contributed by atoms with Crippen LogP contribution in [-0.4, -0.2) is 35.0 Å². The summed E-state index contributed by atoms with van der Waals surface area (Å²) in [5.74, 6) is 1.20. The second-order valence-corrected chi connectivity index (χ2v) is 6.24. The fraction of sp³-hybridized carbons (Fsp3) is 0.438. The molecule has 1 aromatic carbocycles. The molecule has 0 radical (unpaired) electrons. The molecule has 0 bridgehead atoms.